The summed E-state index contributed by atoms with van der Waals surface area (Å²) in [5.41, 5.74) is 2.90. The summed E-state index contributed by atoms with van der Waals surface area (Å²) in [6.45, 7) is 2.47. The van der Waals surface area contributed by atoms with Crippen LogP contribution < -0.4 is 11.0 Å². The lowest BCUT2D eigenvalue weighted by Gasteiger charge is -2.23. The summed E-state index contributed by atoms with van der Waals surface area (Å²) in [7, 11) is 0. The minimum atomic E-state index is -0.286. The monoisotopic (exact) mass is 367 g/mol. The lowest BCUT2D eigenvalue weighted by Crippen LogP contribution is -2.35. The zero-order chi connectivity index (χ0) is 18.6. The Labute approximate surface area is 158 Å². The smallest absolute Gasteiger partial charge is 0.317 e. The average Bonchev–Trinajstić information content (AvgIpc) is 2.97. The van der Waals surface area contributed by atoms with Crippen molar-refractivity contribution in [1.82, 2.24) is 14.5 Å². The third-order valence-electron chi connectivity index (χ3n) is 5.54. The molecular weight excluding hydrogens is 341 g/mol. The van der Waals surface area contributed by atoms with E-state index in [0.29, 0.717) is 6.54 Å². The second-order valence-electron chi connectivity index (χ2n) is 7.36. The molecule has 0 saturated carbocycles. The molecule has 142 valence electrons. The summed E-state index contributed by atoms with van der Waals surface area (Å²) in [6, 6.07) is 15.3. The molecule has 0 unspecified atom stereocenters. The van der Waals surface area contributed by atoms with Crippen LogP contribution in [0.1, 0.15) is 37.3 Å². The Morgan fingerprint density at radius 1 is 1.00 bits per heavy atom. The predicted octanol–water partition coefficient (Wildman–Crippen LogP) is 3.89. The molecule has 0 amide bonds. The summed E-state index contributed by atoms with van der Waals surface area (Å²) in [4.78, 5) is 13.1. The number of unbranched alkanes of at least 4 members (excludes halogenated alkanes) is 1. The Balaban J connectivity index is 1.56. The van der Waals surface area contributed by atoms with Gasteiger partial charge in [-0.1, -0.05) is 30.3 Å². The maximum absolute atomic E-state index is 13.9. The Hall–Kier alpha value is -2.40. The van der Waals surface area contributed by atoms with E-state index in [4.69, 9.17) is 0 Å². The van der Waals surface area contributed by atoms with Gasteiger partial charge in [-0.3, -0.25) is 9.13 Å². The molecule has 5 heteroatoms. The van der Waals surface area contributed by atoms with Gasteiger partial charge in [-0.25, -0.2) is 9.18 Å². The van der Waals surface area contributed by atoms with Crippen LogP contribution in [0.15, 0.2) is 53.3 Å². The van der Waals surface area contributed by atoms with E-state index >= 15 is 0 Å². The van der Waals surface area contributed by atoms with Gasteiger partial charge in [0, 0.05) is 12.6 Å². The first-order valence-corrected chi connectivity index (χ1v) is 9.89. The Kier molecular flexibility index (Phi) is 5.39. The van der Waals surface area contributed by atoms with E-state index in [1.807, 2.05) is 15.2 Å². The van der Waals surface area contributed by atoms with Crippen molar-refractivity contribution in [3.8, 4) is 0 Å². The van der Waals surface area contributed by atoms with Gasteiger partial charge >= 0.3 is 5.69 Å². The average molecular weight is 367 g/mol. The molecule has 27 heavy (non-hydrogen) atoms. The number of rotatable bonds is 6. The van der Waals surface area contributed by atoms with Crippen LogP contribution in [0.5, 0.6) is 0 Å². The minimum Gasteiger partial charge on any atom is -0.317 e. The Morgan fingerprint density at radius 2 is 1.78 bits per heavy atom. The largest absolute Gasteiger partial charge is 0.329 e. The highest BCUT2D eigenvalue weighted by molar-refractivity contribution is 5.76. The van der Waals surface area contributed by atoms with E-state index in [0.717, 1.165) is 56.2 Å². The van der Waals surface area contributed by atoms with E-state index in [2.05, 4.69) is 29.6 Å². The first-order valence-electron chi connectivity index (χ1n) is 9.89. The first-order chi connectivity index (χ1) is 13.2. The fourth-order valence-corrected chi connectivity index (χ4v) is 4.13. The lowest BCUT2D eigenvalue weighted by molar-refractivity contribution is 0.364. The molecule has 0 radical (unpaired) electrons. The van der Waals surface area contributed by atoms with Gasteiger partial charge in [-0.2, -0.15) is 0 Å². The quantitative estimate of drug-likeness (QED) is 0.672. The molecule has 1 aliphatic heterocycles. The summed E-state index contributed by atoms with van der Waals surface area (Å²) >= 11 is 0. The first kappa shape index (κ1) is 18.0. The number of nitrogens with zero attached hydrogens (tertiary/aromatic N) is 2. The molecule has 1 fully saturated rings. The third kappa shape index (κ3) is 3.83. The molecule has 1 aliphatic rings. The van der Waals surface area contributed by atoms with Crippen LogP contribution in [0.25, 0.3) is 11.0 Å². The zero-order valence-electron chi connectivity index (χ0n) is 15.5. The zero-order valence-corrected chi connectivity index (χ0v) is 15.5. The normalized spacial score (nSPS) is 15.4. The van der Waals surface area contributed by atoms with E-state index < -0.39 is 0 Å². The predicted molar refractivity (Wildman–Crippen MR) is 107 cm³/mol. The molecule has 1 saturated heterocycles. The second-order valence-corrected chi connectivity index (χ2v) is 7.36. The summed E-state index contributed by atoms with van der Waals surface area (Å²) in [5.74, 6) is -0.286. The van der Waals surface area contributed by atoms with Crippen molar-refractivity contribution >= 4 is 11.0 Å². The van der Waals surface area contributed by atoms with Crippen LogP contribution in [-0.4, -0.2) is 22.2 Å². The van der Waals surface area contributed by atoms with E-state index in [-0.39, 0.29) is 17.5 Å². The van der Waals surface area contributed by atoms with Gasteiger partial charge in [-0.05, 0) is 69.0 Å². The number of hydrogen-bond donors (Lipinski definition) is 1. The number of aryl methyl sites for hydroxylation is 2. The Morgan fingerprint density at radius 3 is 2.56 bits per heavy atom. The second kappa shape index (κ2) is 8.09. The van der Waals surface area contributed by atoms with Gasteiger partial charge in [0.15, 0.2) is 0 Å². The molecule has 1 aromatic heterocycles. The van der Waals surface area contributed by atoms with Crippen molar-refractivity contribution in [2.24, 2.45) is 0 Å². The maximum Gasteiger partial charge on any atom is 0.329 e. The number of fused-ring (bicyclic) bond motifs is 1. The van der Waals surface area contributed by atoms with Gasteiger partial charge in [-0.15, -0.1) is 0 Å². The van der Waals surface area contributed by atoms with Crippen molar-refractivity contribution in [2.45, 2.75) is 44.7 Å². The van der Waals surface area contributed by atoms with Crippen LogP contribution in [0.4, 0.5) is 4.39 Å². The maximum atomic E-state index is 13.9. The summed E-state index contributed by atoms with van der Waals surface area (Å²) < 4.78 is 17.5. The highest BCUT2D eigenvalue weighted by Gasteiger charge is 2.22. The summed E-state index contributed by atoms with van der Waals surface area (Å²) in [5, 5.41) is 3.33. The number of nitrogens with one attached hydrogen (secondary N) is 1. The van der Waals surface area contributed by atoms with Crippen LogP contribution in [0, 0.1) is 5.82 Å². The molecule has 4 rings (SSSR count). The summed E-state index contributed by atoms with van der Waals surface area (Å²) in [6.07, 6.45) is 4.78. The molecule has 0 spiro atoms. The third-order valence-corrected chi connectivity index (χ3v) is 5.54. The highest BCUT2D eigenvalue weighted by Crippen LogP contribution is 2.24. The van der Waals surface area contributed by atoms with Crippen molar-refractivity contribution < 1.29 is 4.39 Å². The van der Waals surface area contributed by atoms with E-state index in [1.165, 1.54) is 17.7 Å². The van der Waals surface area contributed by atoms with Crippen molar-refractivity contribution in [3.05, 3.63) is 70.4 Å². The molecule has 2 aromatic carbocycles. The molecule has 0 bridgehead atoms. The van der Waals surface area contributed by atoms with Crippen molar-refractivity contribution in [3.63, 3.8) is 0 Å². The van der Waals surface area contributed by atoms with Crippen LogP contribution in [0.3, 0.4) is 0 Å². The molecular formula is C22H26FN3O. The number of aromatic nitrogens is 2. The minimum absolute atomic E-state index is 0.00205. The van der Waals surface area contributed by atoms with Gasteiger partial charge in [0.2, 0.25) is 0 Å². The van der Waals surface area contributed by atoms with Gasteiger partial charge in [0.1, 0.15) is 5.82 Å². The lowest BCUT2D eigenvalue weighted by atomic mass is 10.1. The highest BCUT2D eigenvalue weighted by atomic mass is 19.1. The fourth-order valence-electron chi connectivity index (χ4n) is 4.13. The SMILES string of the molecule is O=c1n(CCCCc2ccccc2)c2ccc(F)cc2n1C1CCNCC1. The number of piperidine rings is 1. The van der Waals surface area contributed by atoms with Crippen LogP contribution >= 0.6 is 0 Å². The van der Waals surface area contributed by atoms with Crippen LogP contribution in [-0.2, 0) is 13.0 Å². The number of hydrogen-bond acceptors (Lipinski definition) is 2. The van der Waals surface area contributed by atoms with E-state index in [1.54, 1.807) is 6.07 Å². The van der Waals surface area contributed by atoms with Gasteiger partial charge < -0.3 is 5.32 Å². The van der Waals surface area contributed by atoms with Crippen molar-refractivity contribution in [2.75, 3.05) is 13.1 Å². The molecule has 3 aromatic rings. The molecule has 0 atom stereocenters. The molecule has 1 N–H and O–H groups in total. The molecule has 2 heterocycles. The Bertz CT molecular complexity index is 955. The molecule has 0 aliphatic carbocycles. The van der Waals surface area contributed by atoms with Gasteiger partial charge in [0.25, 0.3) is 0 Å². The van der Waals surface area contributed by atoms with Crippen molar-refractivity contribution in [1.29, 1.82) is 0 Å². The van der Waals surface area contributed by atoms with Gasteiger partial charge in [0.05, 0.1) is 11.0 Å². The molecule has 4 nitrogen and oxygen atoms in total. The number of benzene rings is 2. The number of halogens is 1. The van der Waals surface area contributed by atoms with E-state index in [9.17, 15) is 9.18 Å². The standard InChI is InChI=1S/C22H26FN3O/c23-18-9-10-20-21(16-18)26(19-11-13-24-14-12-19)22(27)25(20)15-5-4-8-17-6-2-1-3-7-17/h1-3,6-7,9-10,16,19,24H,4-5,8,11-15H2. The van der Waals surface area contributed by atoms with Crippen LogP contribution in [0.2, 0.25) is 0 Å². The number of imidazole rings is 1. The fraction of sp³-hybridized carbons (Fsp3) is 0.409. The topological polar surface area (TPSA) is 39.0 Å².